The van der Waals surface area contributed by atoms with Crippen LogP contribution in [0.5, 0.6) is 0 Å². The van der Waals surface area contributed by atoms with E-state index in [1.807, 2.05) is 18.3 Å². The molecule has 0 saturated carbocycles. The molecule has 3 aromatic rings. The van der Waals surface area contributed by atoms with E-state index >= 15 is 0 Å². The topological polar surface area (TPSA) is 123 Å². The Bertz CT molecular complexity index is 1490. The largest absolute Gasteiger partial charge is 0.351 e. The van der Waals surface area contributed by atoms with E-state index in [2.05, 4.69) is 49.4 Å². The lowest BCUT2D eigenvalue weighted by molar-refractivity contribution is 0.148. The highest BCUT2D eigenvalue weighted by atomic mass is 35.5. The Morgan fingerprint density at radius 3 is 2.55 bits per heavy atom. The lowest BCUT2D eigenvalue weighted by Gasteiger charge is -2.32. The van der Waals surface area contributed by atoms with Crippen molar-refractivity contribution in [2.24, 2.45) is 0 Å². The second kappa shape index (κ2) is 12.2. The summed E-state index contributed by atoms with van der Waals surface area (Å²) in [5, 5.41) is 18.1. The summed E-state index contributed by atoms with van der Waals surface area (Å²) in [6, 6.07) is 8.23. The zero-order valence-electron chi connectivity index (χ0n) is 22.8. The number of nitriles is 1. The van der Waals surface area contributed by atoms with Crippen LogP contribution in [0.1, 0.15) is 30.9 Å². The molecule has 2 fully saturated rings. The van der Waals surface area contributed by atoms with Crippen LogP contribution in [-0.4, -0.2) is 100 Å². The molecular weight excluding hydrogens is 550 g/mol. The minimum Gasteiger partial charge on any atom is -0.351 e. The van der Waals surface area contributed by atoms with Gasteiger partial charge in [0.1, 0.15) is 6.07 Å². The van der Waals surface area contributed by atoms with Gasteiger partial charge in [-0.15, -0.1) is 0 Å². The third-order valence-electron chi connectivity index (χ3n) is 7.57. The molecule has 5 rings (SSSR count). The summed E-state index contributed by atoms with van der Waals surface area (Å²) in [4.78, 5) is 13.7. The third-order valence-corrected chi connectivity index (χ3v) is 9.76. The number of halogens is 1. The van der Waals surface area contributed by atoms with Gasteiger partial charge < -0.3 is 10.2 Å². The highest BCUT2D eigenvalue weighted by molar-refractivity contribution is 7.89. The zero-order chi connectivity index (χ0) is 28.3. The van der Waals surface area contributed by atoms with Crippen LogP contribution < -0.4 is 5.32 Å². The Balaban J connectivity index is 1.29. The molecule has 0 spiro atoms. The van der Waals surface area contributed by atoms with Crippen LogP contribution in [0.3, 0.4) is 0 Å². The Hall–Kier alpha value is -3.08. The first-order valence-electron chi connectivity index (χ1n) is 13.5. The molecule has 0 atom stereocenters. The molecule has 4 heterocycles. The summed E-state index contributed by atoms with van der Waals surface area (Å²) in [5.74, 6) is 0.497. The minimum atomic E-state index is -3.19. The van der Waals surface area contributed by atoms with E-state index in [0.29, 0.717) is 53.7 Å². The number of rotatable bonds is 8. The molecule has 2 aliphatic rings. The first kappa shape index (κ1) is 28.4. The smallest absolute Gasteiger partial charge is 0.223 e. The van der Waals surface area contributed by atoms with E-state index in [1.54, 1.807) is 17.8 Å². The van der Waals surface area contributed by atoms with Crippen LogP contribution in [0.2, 0.25) is 5.02 Å². The monoisotopic (exact) mass is 583 g/mol. The van der Waals surface area contributed by atoms with Gasteiger partial charge in [0.15, 0.2) is 0 Å². The fourth-order valence-electron chi connectivity index (χ4n) is 5.07. The number of aromatic nitrogens is 4. The van der Waals surface area contributed by atoms with Crippen molar-refractivity contribution in [3.63, 3.8) is 0 Å². The highest BCUT2D eigenvalue weighted by Crippen LogP contribution is 2.27. The fourth-order valence-corrected chi connectivity index (χ4v) is 6.49. The lowest BCUT2D eigenvalue weighted by Crippen LogP contribution is -2.43. The number of sulfonamides is 1. The first-order valence-corrected chi connectivity index (χ1v) is 15.5. The van der Waals surface area contributed by atoms with Crippen LogP contribution in [0.15, 0.2) is 36.8 Å². The molecule has 1 aromatic carbocycles. The normalized spacial score (nSPS) is 18.1. The fraction of sp³-hybridized carbons (Fsp3) is 0.481. The SMILES string of the molecule is CCS(=O)(=O)N1CCC(Nc2ncc(C#N)c(-c3cnn(-c4ccc(CN5CCN(C)CC5)cc4Cl)c3)n2)CC1. The average molecular weight is 584 g/mol. The van der Waals surface area contributed by atoms with Gasteiger partial charge in [0.05, 0.1) is 40.1 Å². The molecule has 0 bridgehead atoms. The van der Waals surface area contributed by atoms with E-state index < -0.39 is 10.0 Å². The van der Waals surface area contributed by atoms with Crippen molar-refractivity contribution in [2.75, 3.05) is 57.4 Å². The van der Waals surface area contributed by atoms with Gasteiger partial charge in [-0.05, 0) is 44.5 Å². The number of nitrogens with zero attached hydrogens (tertiary/aromatic N) is 8. The number of piperidine rings is 1. The van der Waals surface area contributed by atoms with Crippen LogP contribution >= 0.6 is 11.6 Å². The Labute approximate surface area is 240 Å². The standard InChI is InChI=1S/C27H34ClN9O2S/c1-3-40(38,39)36-8-6-23(7-9-36)32-27-30-16-21(15-29)26(33-27)22-17-31-37(19-22)25-5-4-20(14-24(25)28)18-35-12-10-34(2)11-13-35/h4-5,14,16-17,19,23H,3,6-13,18H2,1-2H3,(H,30,32,33). The summed E-state index contributed by atoms with van der Waals surface area (Å²) in [6.45, 7) is 7.63. The van der Waals surface area contributed by atoms with Crippen molar-refractivity contribution >= 4 is 27.6 Å². The maximum Gasteiger partial charge on any atom is 0.223 e. The van der Waals surface area contributed by atoms with E-state index in [0.717, 1.165) is 44.0 Å². The molecule has 2 aromatic heterocycles. The average Bonchev–Trinajstić information content (AvgIpc) is 3.44. The number of anilines is 1. The molecular formula is C27H34ClN9O2S. The number of hydrogen-bond donors (Lipinski definition) is 1. The molecule has 13 heteroatoms. The van der Waals surface area contributed by atoms with Crippen LogP contribution in [0.25, 0.3) is 16.9 Å². The van der Waals surface area contributed by atoms with Gasteiger partial charge in [0, 0.05) is 63.6 Å². The number of hydrogen-bond acceptors (Lipinski definition) is 9. The van der Waals surface area contributed by atoms with Crippen molar-refractivity contribution in [1.29, 1.82) is 5.26 Å². The molecule has 0 amide bonds. The Kier molecular flexibility index (Phi) is 8.68. The summed E-state index contributed by atoms with van der Waals surface area (Å²) in [5.41, 5.74) is 3.38. The Morgan fingerprint density at radius 2 is 1.88 bits per heavy atom. The maximum atomic E-state index is 12.2. The van der Waals surface area contributed by atoms with Crippen LogP contribution in [0.4, 0.5) is 5.95 Å². The minimum absolute atomic E-state index is 0.0370. The zero-order valence-corrected chi connectivity index (χ0v) is 24.4. The van der Waals surface area contributed by atoms with Crippen molar-refractivity contribution in [3.05, 3.63) is 52.9 Å². The Morgan fingerprint density at radius 1 is 1.12 bits per heavy atom. The molecule has 0 aliphatic carbocycles. The predicted octanol–water partition coefficient (Wildman–Crippen LogP) is 2.83. The molecule has 1 N–H and O–H groups in total. The van der Waals surface area contributed by atoms with Gasteiger partial charge in [0.2, 0.25) is 16.0 Å². The predicted molar refractivity (Wildman–Crippen MR) is 155 cm³/mol. The van der Waals surface area contributed by atoms with Crippen molar-refractivity contribution in [3.8, 4) is 23.0 Å². The maximum absolute atomic E-state index is 12.2. The molecule has 212 valence electrons. The summed E-state index contributed by atoms with van der Waals surface area (Å²) in [6.07, 6.45) is 6.27. The molecule has 0 unspecified atom stereocenters. The lowest BCUT2D eigenvalue weighted by atomic mass is 10.1. The molecule has 0 radical (unpaired) electrons. The summed E-state index contributed by atoms with van der Waals surface area (Å²) < 4.78 is 27.5. The van der Waals surface area contributed by atoms with Gasteiger partial charge in [-0.3, -0.25) is 4.90 Å². The third kappa shape index (κ3) is 6.45. The molecule has 11 nitrogen and oxygen atoms in total. The number of benzene rings is 1. The van der Waals surface area contributed by atoms with E-state index in [4.69, 9.17) is 11.6 Å². The van der Waals surface area contributed by atoms with Crippen LogP contribution in [-0.2, 0) is 16.6 Å². The van der Waals surface area contributed by atoms with E-state index in [1.165, 1.54) is 10.5 Å². The second-order valence-corrected chi connectivity index (χ2v) is 13.0. The highest BCUT2D eigenvalue weighted by Gasteiger charge is 2.27. The number of piperazine rings is 1. The van der Waals surface area contributed by atoms with E-state index in [9.17, 15) is 13.7 Å². The van der Waals surface area contributed by atoms with Gasteiger partial charge in [-0.2, -0.15) is 10.4 Å². The van der Waals surface area contributed by atoms with Gasteiger partial charge >= 0.3 is 0 Å². The molecule has 2 saturated heterocycles. The first-order chi connectivity index (χ1) is 19.3. The number of nitrogens with one attached hydrogen (secondary N) is 1. The van der Waals surface area contributed by atoms with Crippen molar-refractivity contribution < 1.29 is 8.42 Å². The number of likely N-dealkylation sites (N-methyl/N-ethyl adjacent to an activating group) is 1. The summed E-state index contributed by atoms with van der Waals surface area (Å²) >= 11 is 6.68. The van der Waals surface area contributed by atoms with Crippen molar-refractivity contribution in [1.82, 2.24) is 33.9 Å². The second-order valence-electron chi connectivity index (χ2n) is 10.3. The van der Waals surface area contributed by atoms with E-state index in [-0.39, 0.29) is 11.8 Å². The van der Waals surface area contributed by atoms with Crippen LogP contribution in [0, 0.1) is 11.3 Å². The molecule has 2 aliphatic heterocycles. The van der Waals surface area contributed by atoms with Gasteiger partial charge in [-0.25, -0.2) is 27.4 Å². The summed E-state index contributed by atoms with van der Waals surface area (Å²) in [7, 11) is -1.04. The molecule has 40 heavy (non-hydrogen) atoms. The van der Waals surface area contributed by atoms with Gasteiger partial charge in [-0.1, -0.05) is 17.7 Å². The van der Waals surface area contributed by atoms with Gasteiger partial charge in [0.25, 0.3) is 0 Å². The van der Waals surface area contributed by atoms with Crippen molar-refractivity contribution in [2.45, 2.75) is 32.4 Å². The quantitative estimate of drug-likeness (QED) is 0.426.